The molecule has 7 heavy (non-hydrogen) atoms. The molecule has 0 saturated heterocycles. The van der Waals surface area contributed by atoms with Crippen molar-refractivity contribution < 1.29 is 44.2 Å². The predicted octanol–water partition coefficient (Wildman–Crippen LogP) is -1.22. The van der Waals surface area contributed by atoms with Crippen LogP contribution in [0.3, 0.4) is 0 Å². The van der Waals surface area contributed by atoms with Gasteiger partial charge in [-0.05, 0) is 0 Å². The van der Waals surface area contributed by atoms with E-state index in [-0.39, 0.29) is 16.4 Å². The molecular formula is H6F3IrO3. The van der Waals surface area contributed by atoms with E-state index >= 15 is 0 Å². The fourth-order valence-corrected chi connectivity index (χ4v) is 0. The van der Waals surface area contributed by atoms with Crippen molar-refractivity contribution in [2.75, 3.05) is 0 Å². The zero-order valence-electron chi connectivity index (χ0n) is 2.97. The summed E-state index contributed by atoms with van der Waals surface area (Å²) in [6.07, 6.45) is 0. The minimum absolute atomic E-state index is 0. The van der Waals surface area contributed by atoms with Gasteiger partial charge in [0.05, 0.1) is 0 Å². The standard InChI is InChI=1S/3FH.Ir.3H2O/h3*1H;;3*1H2/q;;;+3;;;/p-3. The van der Waals surface area contributed by atoms with Gasteiger partial charge in [-0.25, -0.2) is 0 Å². The molecule has 0 aliphatic carbocycles. The van der Waals surface area contributed by atoms with Gasteiger partial charge in [0.2, 0.25) is 0 Å². The van der Waals surface area contributed by atoms with Crippen LogP contribution in [0.1, 0.15) is 0 Å². The Bertz CT molecular complexity index is 14.9. The monoisotopic (exact) mass is 304 g/mol. The Balaban J connectivity index is -0.0000000150. The molecule has 0 aliphatic rings. The van der Waals surface area contributed by atoms with Crippen molar-refractivity contribution in [1.29, 1.82) is 0 Å². The molecule has 0 aromatic rings. The van der Waals surface area contributed by atoms with Crippen LogP contribution < -0.4 is 0 Å². The molecule has 0 spiro atoms. The molecule has 0 heterocycles. The summed E-state index contributed by atoms with van der Waals surface area (Å²) in [6.45, 7) is 0. The zero-order chi connectivity index (χ0) is 3.58. The summed E-state index contributed by atoms with van der Waals surface area (Å²) in [5.41, 5.74) is 0. The van der Waals surface area contributed by atoms with E-state index < -0.39 is 18.0 Å². The summed E-state index contributed by atoms with van der Waals surface area (Å²) in [5.74, 6) is 0. The molecule has 0 aromatic heterocycles. The third-order valence-electron chi connectivity index (χ3n) is 0. The maximum absolute atomic E-state index is 9.83. The first-order chi connectivity index (χ1) is 1.73. The van der Waals surface area contributed by atoms with Gasteiger partial charge in [0, 0.05) is 0 Å². The van der Waals surface area contributed by atoms with E-state index in [0.29, 0.717) is 0 Å². The molecule has 54 valence electrons. The quantitative estimate of drug-likeness (QED) is 0.536. The van der Waals surface area contributed by atoms with Gasteiger partial charge < -0.3 is 16.4 Å². The molecule has 0 fully saturated rings. The van der Waals surface area contributed by atoms with Gasteiger partial charge in [0.25, 0.3) is 0 Å². The Morgan fingerprint density at radius 2 is 0.714 bits per heavy atom. The second-order valence-corrected chi connectivity index (χ2v) is 1.17. The summed E-state index contributed by atoms with van der Waals surface area (Å²) in [7, 11) is 0. The number of hydrogen-bond donors (Lipinski definition) is 0. The Morgan fingerprint density at radius 3 is 0.714 bits per heavy atom. The molecule has 6 N–H and O–H groups in total. The first-order valence-corrected chi connectivity index (χ1v) is 3.09. The summed E-state index contributed by atoms with van der Waals surface area (Å²) in [4.78, 5) is 0. The van der Waals surface area contributed by atoms with Crippen LogP contribution in [0, 0.1) is 0 Å². The van der Waals surface area contributed by atoms with Gasteiger partial charge in [0.15, 0.2) is 0 Å². The molecule has 3 nitrogen and oxygen atoms in total. The van der Waals surface area contributed by atoms with Crippen LogP contribution in [0.5, 0.6) is 0 Å². The molecule has 0 atom stereocenters. The molecule has 0 rings (SSSR count). The summed E-state index contributed by atoms with van der Waals surface area (Å²) in [6, 6.07) is 0. The van der Waals surface area contributed by atoms with Gasteiger partial charge in [0.1, 0.15) is 0 Å². The van der Waals surface area contributed by atoms with E-state index in [0.717, 1.165) is 0 Å². The van der Waals surface area contributed by atoms with Crippen LogP contribution in [-0.2, 0) is 18.0 Å². The van der Waals surface area contributed by atoms with Gasteiger partial charge in [-0.2, -0.15) is 0 Å². The van der Waals surface area contributed by atoms with E-state index in [1.807, 2.05) is 0 Å². The normalized spacial score (nSPS) is 6.43. The van der Waals surface area contributed by atoms with Crippen LogP contribution in [0.2, 0.25) is 0 Å². The number of rotatable bonds is 0. The summed E-state index contributed by atoms with van der Waals surface area (Å²) < 4.78 is 29.5. The first kappa shape index (κ1) is 26.5. The third-order valence-corrected chi connectivity index (χ3v) is 0. The summed E-state index contributed by atoms with van der Waals surface area (Å²) >= 11 is -4.83. The second kappa shape index (κ2) is 16.2. The molecule has 0 bridgehead atoms. The van der Waals surface area contributed by atoms with E-state index in [1.165, 1.54) is 0 Å². The fourth-order valence-electron chi connectivity index (χ4n) is 0. The average molecular weight is 303 g/mol. The number of halogens is 3. The van der Waals surface area contributed by atoms with Crippen molar-refractivity contribution in [1.82, 2.24) is 0 Å². The Kier molecular flexibility index (Phi) is 61.5. The Hall–Kier alpha value is 0.319. The van der Waals surface area contributed by atoms with E-state index in [4.69, 9.17) is 0 Å². The van der Waals surface area contributed by atoms with Crippen LogP contribution in [0.25, 0.3) is 0 Å². The van der Waals surface area contributed by atoms with Crippen LogP contribution >= 0.6 is 0 Å². The molecule has 0 aromatic carbocycles. The topological polar surface area (TPSA) is 94.5 Å². The minimum atomic E-state index is -4.83. The molecule has 0 saturated carbocycles. The van der Waals surface area contributed by atoms with Crippen molar-refractivity contribution >= 4 is 0 Å². The molecular weight excluding hydrogens is 297 g/mol. The molecule has 7 heteroatoms. The zero-order valence-corrected chi connectivity index (χ0v) is 5.36. The Labute approximate surface area is 45.0 Å². The van der Waals surface area contributed by atoms with Crippen molar-refractivity contribution in [3.8, 4) is 0 Å². The maximum atomic E-state index is 9.83. The molecule has 0 amide bonds. The predicted molar refractivity (Wildman–Crippen MR) is 14.2 cm³/mol. The van der Waals surface area contributed by atoms with E-state index in [2.05, 4.69) is 0 Å². The number of hydrogen-bond acceptors (Lipinski definition) is 0. The van der Waals surface area contributed by atoms with E-state index in [1.54, 1.807) is 0 Å². The van der Waals surface area contributed by atoms with Gasteiger partial charge in [-0.1, -0.05) is 0 Å². The second-order valence-electron chi connectivity index (χ2n) is 0.143. The fraction of sp³-hybridized carbons (Fsp3) is 0. The van der Waals surface area contributed by atoms with Crippen molar-refractivity contribution in [3.63, 3.8) is 0 Å². The van der Waals surface area contributed by atoms with Gasteiger partial charge >= 0.3 is 27.8 Å². The van der Waals surface area contributed by atoms with Crippen LogP contribution in [0.4, 0.5) is 9.76 Å². The van der Waals surface area contributed by atoms with Crippen LogP contribution in [-0.4, -0.2) is 16.4 Å². The summed E-state index contributed by atoms with van der Waals surface area (Å²) in [5, 5.41) is 0. The van der Waals surface area contributed by atoms with Crippen molar-refractivity contribution in [2.45, 2.75) is 0 Å². The van der Waals surface area contributed by atoms with Gasteiger partial charge in [-0.15, -0.1) is 0 Å². The molecule has 0 unspecified atom stereocenters. The van der Waals surface area contributed by atoms with Crippen molar-refractivity contribution in [2.24, 2.45) is 0 Å². The molecule has 0 aliphatic heterocycles. The third kappa shape index (κ3) is 1160. The van der Waals surface area contributed by atoms with Crippen LogP contribution in [0.15, 0.2) is 0 Å². The van der Waals surface area contributed by atoms with Crippen molar-refractivity contribution in [3.05, 3.63) is 0 Å². The SMILES string of the molecule is O.O.O.[F][Ir]([F])[F]. The van der Waals surface area contributed by atoms with Gasteiger partial charge in [-0.3, -0.25) is 0 Å². The average Bonchev–Trinajstić information content (AvgIpc) is 0.811. The first-order valence-electron chi connectivity index (χ1n) is 0.378. The van der Waals surface area contributed by atoms with E-state index in [9.17, 15) is 9.76 Å². The Morgan fingerprint density at radius 1 is 0.714 bits per heavy atom. The molecule has 0 radical (unpaired) electrons.